The van der Waals surface area contributed by atoms with E-state index in [1.165, 1.54) is 0 Å². The van der Waals surface area contributed by atoms with Crippen LogP contribution in [0.1, 0.15) is 0 Å². The molecular weight excluding hydrogens is 236 g/mol. The molecule has 0 aliphatic heterocycles. The van der Waals surface area contributed by atoms with Crippen LogP contribution >= 0.6 is 0 Å². The lowest BCUT2D eigenvalue weighted by molar-refractivity contribution is 1.23. The normalized spacial score (nSPS) is 10.3. The summed E-state index contributed by atoms with van der Waals surface area (Å²) in [5, 5.41) is 0. The lowest BCUT2D eigenvalue weighted by Gasteiger charge is -2.09. The first-order valence-electron chi connectivity index (χ1n) is 5.93. The molecule has 4 nitrogen and oxygen atoms in total. The summed E-state index contributed by atoms with van der Waals surface area (Å²) in [4.78, 5) is 13.1. The largest absolute Gasteiger partial charge is 0.397 e. The summed E-state index contributed by atoms with van der Waals surface area (Å²) in [6, 6.07) is 13.2. The van der Waals surface area contributed by atoms with Crippen molar-refractivity contribution in [3.8, 4) is 22.6 Å². The number of anilines is 1. The van der Waals surface area contributed by atoms with Crippen molar-refractivity contribution < 1.29 is 0 Å². The van der Waals surface area contributed by atoms with E-state index in [-0.39, 0.29) is 0 Å². The van der Waals surface area contributed by atoms with Crippen LogP contribution in [0.2, 0.25) is 0 Å². The van der Waals surface area contributed by atoms with Gasteiger partial charge < -0.3 is 5.73 Å². The average molecular weight is 248 g/mol. The summed E-state index contributed by atoms with van der Waals surface area (Å²) in [5.74, 6) is 0. The van der Waals surface area contributed by atoms with Crippen LogP contribution in [-0.2, 0) is 0 Å². The number of nitrogens with two attached hydrogens (primary N) is 1. The van der Waals surface area contributed by atoms with Gasteiger partial charge in [-0.2, -0.15) is 0 Å². The Labute approximate surface area is 111 Å². The van der Waals surface area contributed by atoms with Gasteiger partial charge in [0, 0.05) is 24.2 Å². The van der Waals surface area contributed by atoms with Crippen molar-refractivity contribution in [1.29, 1.82) is 0 Å². The molecule has 0 bridgehead atoms. The monoisotopic (exact) mass is 248 g/mol. The van der Waals surface area contributed by atoms with E-state index in [1.807, 2.05) is 42.5 Å². The molecule has 0 saturated carbocycles. The van der Waals surface area contributed by atoms with Crippen LogP contribution in [0, 0.1) is 0 Å². The Morgan fingerprint density at radius 1 is 0.684 bits per heavy atom. The number of rotatable bonds is 2. The smallest absolute Gasteiger partial charge is 0.0980 e. The van der Waals surface area contributed by atoms with Crippen molar-refractivity contribution in [2.24, 2.45) is 0 Å². The summed E-state index contributed by atoms with van der Waals surface area (Å²) in [7, 11) is 0. The van der Waals surface area contributed by atoms with Gasteiger partial charge in [-0.15, -0.1) is 0 Å². The molecule has 0 aliphatic rings. The van der Waals surface area contributed by atoms with Gasteiger partial charge >= 0.3 is 0 Å². The van der Waals surface area contributed by atoms with Crippen molar-refractivity contribution >= 4 is 5.69 Å². The fourth-order valence-corrected chi connectivity index (χ4v) is 1.95. The van der Waals surface area contributed by atoms with Crippen LogP contribution < -0.4 is 5.73 Å². The van der Waals surface area contributed by atoms with Crippen molar-refractivity contribution in [2.45, 2.75) is 0 Å². The molecule has 0 unspecified atom stereocenters. The topological polar surface area (TPSA) is 64.7 Å². The van der Waals surface area contributed by atoms with Gasteiger partial charge in [-0.1, -0.05) is 6.07 Å². The third kappa shape index (κ3) is 2.15. The van der Waals surface area contributed by atoms with Crippen LogP contribution in [0.3, 0.4) is 0 Å². The zero-order valence-electron chi connectivity index (χ0n) is 10.2. The standard InChI is InChI=1S/C15H12N4/c16-12-6-4-10-18-14(12)11-5-3-9-19-15(11)13-7-1-2-8-17-13/h1-10H,16H2. The number of hydrogen-bond donors (Lipinski definition) is 1. The van der Waals surface area contributed by atoms with Gasteiger partial charge in [-0.25, -0.2) is 0 Å². The number of nitrogen functional groups attached to an aromatic ring is 1. The molecule has 0 aromatic carbocycles. The average Bonchev–Trinajstić information content (AvgIpc) is 2.49. The van der Waals surface area contributed by atoms with Crippen LogP contribution in [0.25, 0.3) is 22.6 Å². The lowest BCUT2D eigenvalue weighted by Crippen LogP contribution is -1.96. The van der Waals surface area contributed by atoms with E-state index in [0.717, 1.165) is 22.6 Å². The summed E-state index contributed by atoms with van der Waals surface area (Å²) in [6.45, 7) is 0. The molecule has 3 rings (SSSR count). The molecule has 19 heavy (non-hydrogen) atoms. The van der Waals surface area contributed by atoms with E-state index in [1.54, 1.807) is 18.6 Å². The van der Waals surface area contributed by atoms with E-state index < -0.39 is 0 Å². The number of aromatic nitrogens is 3. The molecule has 0 fully saturated rings. The van der Waals surface area contributed by atoms with Crippen molar-refractivity contribution in [2.75, 3.05) is 5.73 Å². The lowest BCUT2D eigenvalue weighted by atomic mass is 10.1. The zero-order valence-corrected chi connectivity index (χ0v) is 10.2. The van der Waals surface area contributed by atoms with Crippen molar-refractivity contribution in [3.63, 3.8) is 0 Å². The van der Waals surface area contributed by atoms with Gasteiger partial charge in [0.2, 0.25) is 0 Å². The van der Waals surface area contributed by atoms with E-state index >= 15 is 0 Å². The molecular formula is C15H12N4. The Kier molecular flexibility index (Phi) is 2.90. The molecule has 3 aromatic rings. The maximum Gasteiger partial charge on any atom is 0.0980 e. The zero-order chi connectivity index (χ0) is 13.1. The SMILES string of the molecule is Nc1cccnc1-c1cccnc1-c1ccccn1. The highest BCUT2D eigenvalue weighted by Gasteiger charge is 2.12. The second-order valence-electron chi connectivity index (χ2n) is 4.06. The van der Waals surface area contributed by atoms with E-state index in [4.69, 9.17) is 5.73 Å². The van der Waals surface area contributed by atoms with Crippen LogP contribution in [0.4, 0.5) is 5.69 Å². The highest BCUT2D eigenvalue weighted by Crippen LogP contribution is 2.30. The summed E-state index contributed by atoms with van der Waals surface area (Å²) < 4.78 is 0. The highest BCUT2D eigenvalue weighted by atomic mass is 14.8. The van der Waals surface area contributed by atoms with Crippen LogP contribution in [-0.4, -0.2) is 15.0 Å². The number of nitrogens with zero attached hydrogens (tertiary/aromatic N) is 3. The minimum Gasteiger partial charge on any atom is -0.397 e. The molecule has 92 valence electrons. The molecule has 0 spiro atoms. The molecule has 0 aliphatic carbocycles. The predicted molar refractivity (Wildman–Crippen MR) is 75.1 cm³/mol. The van der Waals surface area contributed by atoms with Gasteiger partial charge in [0.05, 0.1) is 22.8 Å². The highest BCUT2D eigenvalue weighted by molar-refractivity contribution is 5.82. The number of pyridine rings is 3. The maximum atomic E-state index is 5.99. The second kappa shape index (κ2) is 4.86. The number of hydrogen-bond acceptors (Lipinski definition) is 4. The third-order valence-corrected chi connectivity index (χ3v) is 2.81. The Hall–Kier alpha value is -2.75. The molecule has 0 saturated heterocycles. The fourth-order valence-electron chi connectivity index (χ4n) is 1.95. The Bertz CT molecular complexity index is 695. The molecule has 3 heterocycles. The van der Waals surface area contributed by atoms with Crippen LogP contribution in [0.5, 0.6) is 0 Å². The molecule has 2 N–H and O–H groups in total. The minimum absolute atomic E-state index is 0.632. The first-order chi connectivity index (χ1) is 9.36. The Morgan fingerprint density at radius 3 is 2.16 bits per heavy atom. The fraction of sp³-hybridized carbons (Fsp3) is 0. The summed E-state index contributed by atoms with van der Waals surface area (Å²) in [5.41, 5.74) is 9.84. The second-order valence-corrected chi connectivity index (χ2v) is 4.06. The quantitative estimate of drug-likeness (QED) is 0.757. The van der Waals surface area contributed by atoms with Crippen molar-refractivity contribution in [1.82, 2.24) is 15.0 Å². The van der Waals surface area contributed by atoms with E-state index in [0.29, 0.717) is 5.69 Å². The van der Waals surface area contributed by atoms with Crippen molar-refractivity contribution in [3.05, 3.63) is 61.1 Å². The van der Waals surface area contributed by atoms with E-state index in [2.05, 4.69) is 15.0 Å². The van der Waals surface area contributed by atoms with E-state index in [9.17, 15) is 0 Å². The minimum atomic E-state index is 0.632. The Balaban J connectivity index is 2.21. The van der Waals surface area contributed by atoms with Gasteiger partial charge in [-0.3, -0.25) is 15.0 Å². The summed E-state index contributed by atoms with van der Waals surface area (Å²) in [6.07, 6.45) is 5.21. The molecule has 0 atom stereocenters. The first kappa shape index (κ1) is 11.3. The van der Waals surface area contributed by atoms with Gasteiger partial charge in [-0.05, 0) is 36.4 Å². The maximum absolute atomic E-state index is 5.99. The Morgan fingerprint density at radius 2 is 1.42 bits per heavy atom. The van der Waals surface area contributed by atoms with Gasteiger partial charge in [0.25, 0.3) is 0 Å². The molecule has 0 radical (unpaired) electrons. The molecule has 3 aromatic heterocycles. The molecule has 4 heteroatoms. The molecule has 0 amide bonds. The first-order valence-corrected chi connectivity index (χ1v) is 5.93. The predicted octanol–water partition coefficient (Wildman–Crippen LogP) is 2.79. The van der Waals surface area contributed by atoms with Crippen LogP contribution in [0.15, 0.2) is 61.1 Å². The van der Waals surface area contributed by atoms with Gasteiger partial charge in [0.1, 0.15) is 0 Å². The third-order valence-electron chi connectivity index (χ3n) is 2.81. The summed E-state index contributed by atoms with van der Waals surface area (Å²) >= 11 is 0. The van der Waals surface area contributed by atoms with Gasteiger partial charge in [0.15, 0.2) is 0 Å².